The fraction of sp³-hybridized carbons (Fsp3) is 0.538. The average molecular weight is 239 g/mol. The van der Waals surface area contributed by atoms with Crippen molar-refractivity contribution >= 4 is 0 Å². The molecule has 1 fully saturated rings. The highest BCUT2D eigenvalue weighted by atomic mass is 19.1. The molecule has 1 aromatic rings. The second kappa shape index (κ2) is 5.87. The predicted molar refractivity (Wildman–Crippen MR) is 64.2 cm³/mol. The summed E-state index contributed by atoms with van der Waals surface area (Å²) < 4.78 is 17.8. The average Bonchev–Trinajstić information content (AvgIpc) is 2.77. The van der Waals surface area contributed by atoms with Crippen LogP contribution < -0.4 is 4.74 Å². The van der Waals surface area contributed by atoms with Crippen molar-refractivity contribution in [1.29, 1.82) is 0 Å². The Bertz CT molecular complexity index is 342. The number of nitrogens with zero attached hydrogens (tertiary/aromatic N) is 1. The molecule has 0 spiro atoms. The molecule has 0 bridgehead atoms. The van der Waals surface area contributed by atoms with Gasteiger partial charge in [-0.25, -0.2) is 0 Å². The number of hydrogen-bond acceptors (Lipinski definition) is 3. The third kappa shape index (κ3) is 3.60. The summed E-state index contributed by atoms with van der Waals surface area (Å²) in [6.45, 7) is 2.40. The highest BCUT2D eigenvalue weighted by Crippen LogP contribution is 2.20. The molecule has 4 heteroatoms. The van der Waals surface area contributed by atoms with Gasteiger partial charge in [0.05, 0.1) is 6.67 Å². The minimum atomic E-state index is -0.250. The van der Waals surface area contributed by atoms with Gasteiger partial charge in [-0.2, -0.15) is 0 Å². The Balaban J connectivity index is 1.79. The van der Waals surface area contributed by atoms with Gasteiger partial charge in [0.25, 0.3) is 0 Å². The van der Waals surface area contributed by atoms with E-state index in [1.165, 1.54) is 0 Å². The largest absolute Gasteiger partial charge is 0.508 e. The summed E-state index contributed by atoms with van der Waals surface area (Å²) in [7, 11) is 0. The van der Waals surface area contributed by atoms with Gasteiger partial charge in [0.1, 0.15) is 17.6 Å². The molecule has 17 heavy (non-hydrogen) atoms. The Kier molecular flexibility index (Phi) is 4.20. The molecule has 1 aromatic carbocycles. The Morgan fingerprint density at radius 1 is 1.35 bits per heavy atom. The lowest BCUT2D eigenvalue weighted by atomic mass is 10.3. The molecule has 0 amide bonds. The second-order valence-corrected chi connectivity index (χ2v) is 4.37. The smallest absolute Gasteiger partial charge is 0.120 e. The van der Waals surface area contributed by atoms with E-state index in [2.05, 4.69) is 4.90 Å². The van der Waals surface area contributed by atoms with Gasteiger partial charge < -0.3 is 9.84 Å². The van der Waals surface area contributed by atoms with Crippen molar-refractivity contribution in [2.75, 3.05) is 26.3 Å². The van der Waals surface area contributed by atoms with Crippen LogP contribution >= 0.6 is 0 Å². The zero-order valence-corrected chi connectivity index (χ0v) is 9.81. The van der Waals surface area contributed by atoms with Crippen molar-refractivity contribution in [1.82, 2.24) is 4.90 Å². The highest BCUT2D eigenvalue weighted by molar-refractivity contribution is 5.30. The molecule has 1 heterocycles. The van der Waals surface area contributed by atoms with E-state index >= 15 is 0 Å². The van der Waals surface area contributed by atoms with Gasteiger partial charge in [-0.1, -0.05) is 0 Å². The van der Waals surface area contributed by atoms with E-state index in [1.807, 2.05) is 0 Å². The van der Waals surface area contributed by atoms with Gasteiger partial charge in [-0.15, -0.1) is 0 Å². The maximum absolute atomic E-state index is 12.0. The van der Waals surface area contributed by atoms with E-state index in [1.54, 1.807) is 24.3 Å². The topological polar surface area (TPSA) is 32.7 Å². The number of hydrogen-bond donors (Lipinski definition) is 1. The van der Waals surface area contributed by atoms with E-state index in [0.717, 1.165) is 31.8 Å². The van der Waals surface area contributed by atoms with Gasteiger partial charge in [-0.05, 0) is 37.1 Å². The second-order valence-electron chi connectivity index (χ2n) is 4.37. The number of rotatable bonds is 5. The van der Waals surface area contributed by atoms with Gasteiger partial charge >= 0.3 is 0 Å². The Labute approximate surface area is 101 Å². The van der Waals surface area contributed by atoms with Crippen molar-refractivity contribution in [2.45, 2.75) is 18.9 Å². The quantitative estimate of drug-likeness (QED) is 0.855. The standard InChI is InChI=1S/C13H18FNO2/c14-7-1-8-15-9-6-13(10-15)17-12-4-2-11(16)3-5-12/h2-5,13,16H,1,6-10H2/t13-/m0/s1. The van der Waals surface area contributed by atoms with Crippen molar-refractivity contribution in [3.05, 3.63) is 24.3 Å². The lowest BCUT2D eigenvalue weighted by Gasteiger charge is -2.16. The number of benzene rings is 1. The summed E-state index contributed by atoms with van der Waals surface area (Å²) in [5, 5.41) is 9.16. The van der Waals surface area contributed by atoms with Gasteiger partial charge in [0.15, 0.2) is 0 Å². The summed E-state index contributed by atoms with van der Waals surface area (Å²) in [6.07, 6.45) is 1.76. The van der Waals surface area contributed by atoms with Crippen molar-refractivity contribution in [2.24, 2.45) is 0 Å². The molecule has 0 unspecified atom stereocenters. The van der Waals surface area contributed by atoms with Gasteiger partial charge in [0, 0.05) is 19.6 Å². The monoisotopic (exact) mass is 239 g/mol. The van der Waals surface area contributed by atoms with Crippen LogP contribution in [0.25, 0.3) is 0 Å². The minimum Gasteiger partial charge on any atom is -0.508 e. The van der Waals surface area contributed by atoms with E-state index in [4.69, 9.17) is 9.84 Å². The zero-order valence-electron chi connectivity index (χ0n) is 9.81. The summed E-state index contributed by atoms with van der Waals surface area (Å²) in [5.74, 6) is 1.02. The summed E-state index contributed by atoms with van der Waals surface area (Å²) in [5.41, 5.74) is 0. The Morgan fingerprint density at radius 3 is 2.82 bits per heavy atom. The van der Waals surface area contributed by atoms with Crippen LogP contribution in [0.2, 0.25) is 0 Å². The molecule has 0 aromatic heterocycles. The Hall–Kier alpha value is -1.29. The van der Waals surface area contributed by atoms with Crippen molar-refractivity contribution < 1.29 is 14.2 Å². The number of ether oxygens (including phenoxy) is 1. The lowest BCUT2D eigenvalue weighted by Crippen LogP contribution is -2.26. The van der Waals surface area contributed by atoms with Crippen LogP contribution in [0.1, 0.15) is 12.8 Å². The molecule has 0 saturated carbocycles. The molecule has 1 saturated heterocycles. The van der Waals surface area contributed by atoms with Crippen LogP contribution in [0.5, 0.6) is 11.5 Å². The molecule has 94 valence electrons. The van der Waals surface area contributed by atoms with Crippen LogP contribution in [0.15, 0.2) is 24.3 Å². The zero-order chi connectivity index (χ0) is 12.1. The number of aromatic hydroxyl groups is 1. The van der Waals surface area contributed by atoms with Crippen LogP contribution in [0, 0.1) is 0 Å². The van der Waals surface area contributed by atoms with Crippen LogP contribution in [0.3, 0.4) is 0 Å². The third-order valence-electron chi connectivity index (χ3n) is 2.98. The molecular weight excluding hydrogens is 221 g/mol. The molecule has 1 atom stereocenters. The number of phenolic OH excluding ortho intramolecular Hbond substituents is 1. The molecule has 1 N–H and O–H groups in total. The number of phenols is 1. The maximum atomic E-state index is 12.0. The summed E-state index contributed by atoms with van der Waals surface area (Å²) in [6, 6.07) is 6.76. The van der Waals surface area contributed by atoms with E-state index in [-0.39, 0.29) is 18.5 Å². The minimum absolute atomic E-state index is 0.180. The molecule has 1 aliphatic heterocycles. The SMILES string of the molecule is Oc1ccc(O[C@H]2CCN(CCCF)C2)cc1. The van der Waals surface area contributed by atoms with Crippen LogP contribution in [-0.4, -0.2) is 42.4 Å². The first-order valence-electron chi connectivity index (χ1n) is 6.02. The molecular formula is C13H18FNO2. The lowest BCUT2D eigenvalue weighted by molar-refractivity contribution is 0.198. The van der Waals surface area contributed by atoms with Crippen LogP contribution in [0.4, 0.5) is 4.39 Å². The fourth-order valence-electron chi connectivity index (χ4n) is 2.10. The van der Waals surface area contributed by atoms with E-state index < -0.39 is 0 Å². The van der Waals surface area contributed by atoms with Crippen LogP contribution in [-0.2, 0) is 0 Å². The molecule has 3 nitrogen and oxygen atoms in total. The normalized spacial score (nSPS) is 20.6. The molecule has 0 aliphatic carbocycles. The third-order valence-corrected chi connectivity index (χ3v) is 2.98. The van der Waals surface area contributed by atoms with Gasteiger partial charge in [-0.3, -0.25) is 9.29 Å². The molecule has 2 rings (SSSR count). The first-order chi connectivity index (χ1) is 8.28. The summed E-state index contributed by atoms with van der Waals surface area (Å²) in [4.78, 5) is 2.23. The van der Waals surface area contributed by atoms with E-state index in [0.29, 0.717) is 6.42 Å². The maximum Gasteiger partial charge on any atom is 0.120 e. The first-order valence-corrected chi connectivity index (χ1v) is 6.02. The molecule has 0 radical (unpaired) electrons. The highest BCUT2D eigenvalue weighted by Gasteiger charge is 2.23. The fourth-order valence-corrected chi connectivity index (χ4v) is 2.10. The Morgan fingerprint density at radius 2 is 2.12 bits per heavy atom. The van der Waals surface area contributed by atoms with Gasteiger partial charge in [0.2, 0.25) is 0 Å². The number of alkyl halides is 1. The first kappa shape index (κ1) is 12.2. The summed E-state index contributed by atoms with van der Waals surface area (Å²) >= 11 is 0. The number of halogens is 1. The van der Waals surface area contributed by atoms with Crippen molar-refractivity contribution in [3.8, 4) is 11.5 Å². The van der Waals surface area contributed by atoms with E-state index in [9.17, 15) is 4.39 Å². The number of likely N-dealkylation sites (tertiary alicyclic amines) is 1. The van der Waals surface area contributed by atoms with Crippen molar-refractivity contribution in [3.63, 3.8) is 0 Å². The molecule has 1 aliphatic rings. The predicted octanol–water partition coefficient (Wildman–Crippen LogP) is 2.20.